The summed E-state index contributed by atoms with van der Waals surface area (Å²) in [4.78, 5) is 41.3. The summed E-state index contributed by atoms with van der Waals surface area (Å²) in [6.07, 6.45) is 1.42. The molecular formula is C30H40F2N4O4. The van der Waals surface area contributed by atoms with Crippen molar-refractivity contribution in [2.75, 3.05) is 26.2 Å². The number of aryl methyl sites for hydroxylation is 1. The van der Waals surface area contributed by atoms with E-state index < -0.39 is 35.7 Å². The Morgan fingerprint density at radius 1 is 1.07 bits per heavy atom. The van der Waals surface area contributed by atoms with Crippen LogP contribution >= 0.6 is 0 Å². The number of hydrogen-bond donors (Lipinski definition) is 3. The summed E-state index contributed by atoms with van der Waals surface area (Å²) >= 11 is 0. The summed E-state index contributed by atoms with van der Waals surface area (Å²) in [7, 11) is 0. The molecule has 0 radical (unpaired) electrons. The molecule has 218 valence electrons. The molecule has 2 aromatic carbocycles. The van der Waals surface area contributed by atoms with E-state index in [0.717, 1.165) is 43.0 Å². The summed E-state index contributed by atoms with van der Waals surface area (Å²) in [6, 6.07) is 9.50. The van der Waals surface area contributed by atoms with Gasteiger partial charge in [-0.15, -0.1) is 0 Å². The number of halogens is 2. The van der Waals surface area contributed by atoms with Gasteiger partial charge in [-0.25, -0.2) is 8.78 Å². The highest BCUT2D eigenvalue weighted by molar-refractivity contribution is 5.96. The van der Waals surface area contributed by atoms with Gasteiger partial charge in [-0.05, 0) is 55.0 Å². The molecular weight excluding hydrogens is 518 g/mol. The van der Waals surface area contributed by atoms with Crippen LogP contribution in [0.1, 0.15) is 50.3 Å². The highest BCUT2D eigenvalue weighted by Gasteiger charge is 2.37. The fraction of sp³-hybridized carbons (Fsp3) is 0.500. The van der Waals surface area contributed by atoms with E-state index in [1.807, 2.05) is 25.1 Å². The van der Waals surface area contributed by atoms with Crippen molar-refractivity contribution in [3.8, 4) is 0 Å². The van der Waals surface area contributed by atoms with E-state index in [2.05, 4.69) is 23.6 Å². The van der Waals surface area contributed by atoms with E-state index in [1.165, 1.54) is 15.4 Å². The average Bonchev–Trinajstić information content (AvgIpc) is 2.90. The third kappa shape index (κ3) is 8.82. The molecule has 40 heavy (non-hydrogen) atoms. The van der Waals surface area contributed by atoms with Crippen molar-refractivity contribution in [2.24, 2.45) is 0 Å². The summed E-state index contributed by atoms with van der Waals surface area (Å²) in [6.45, 7) is 6.20. The van der Waals surface area contributed by atoms with E-state index in [4.69, 9.17) is 0 Å². The van der Waals surface area contributed by atoms with E-state index >= 15 is 0 Å². The van der Waals surface area contributed by atoms with Crippen LogP contribution in [0.5, 0.6) is 0 Å². The lowest BCUT2D eigenvalue weighted by Crippen LogP contribution is -2.61. The minimum absolute atomic E-state index is 0.0390. The Labute approximate surface area is 234 Å². The monoisotopic (exact) mass is 558 g/mol. The maximum Gasteiger partial charge on any atom is 0.246 e. The summed E-state index contributed by atoms with van der Waals surface area (Å²) < 4.78 is 27.7. The molecule has 1 heterocycles. The SMILES string of the molecule is CCCCN1C(=O)CN(CC(=O)N[C@@H](Cc2cc(F)cc(F)c2)[C@@H](O)CNCc2cccc(CC)c2)C(=O)[C@@H]1C. The Hall–Kier alpha value is -3.37. The number of nitrogens with zero attached hydrogens (tertiary/aromatic N) is 2. The molecule has 1 saturated heterocycles. The van der Waals surface area contributed by atoms with Gasteiger partial charge in [-0.1, -0.05) is 44.5 Å². The molecule has 0 spiro atoms. The molecule has 8 nitrogen and oxygen atoms in total. The summed E-state index contributed by atoms with van der Waals surface area (Å²) in [5, 5.41) is 16.9. The number of unbranched alkanes of at least 4 members (excludes halogenated alkanes) is 1. The van der Waals surface area contributed by atoms with Crippen molar-refractivity contribution in [2.45, 2.75) is 71.2 Å². The van der Waals surface area contributed by atoms with Crippen molar-refractivity contribution in [1.82, 2.24) is 20.4 Å². The highest BCUT2D eigenvalue weighted by Crippen LogP contribution is 2.15. The molecule has 0 aliphatic carbocycles. The molecule has 1 aliphatic rings. The van der Waals surface area contributed by atoms with Crippen molar-refractivity contribution in [3.63, 3.8) is 0 Å². The molecule has 10 heteroatoms. The topological polar surface area (TPSA) is 102 Å². The molecule has 3 atom stereocenters. The quantitative estimate of drug-likeness (QED) is 0.331. The Morgan fingerprint density at radius 2 is 1.77 bits per heavy atom. The smallest absolute Gasteiger partial charge is 0.246 e. The van der Waals surface area contributed by atoms with Crippen LogP contribution in [0, 0.1) is 11.6 Å². The van der Waals surface area contributed by atoms with Gasteiger partial charge >= 0.3 is 0 Å². The van der Waals surface area contributed by atoms with E-state index in [-0.39, 0.29) is 43.4 Å². The molecule has 1 fully saturated rings. The number of aliphatic hydroxyl groups is 1. The molecule has 3 amide bonds. The number of aliphatic hydroxyl groups excluding tert-OH is 1. The van der Waals surface area contributed by atoms with Gasteiger partial charge in [0.1, 0.15) is 30.8 Å². The Kier molecular flexibility index (Phi) is 11.6. The van der Waals surface area contributed by atoms with E-state index in [1.54, 1.807) is 6.92 Å². The molecule has 1 aliphatic heterocycles. The third-order valence-electron chi connectivity index (χ3n) is 7.14. The fourth-order valence-corrected chi connectivity index (χ4v) is 4.88. The number of rotatable bonds is 14. The van der Waals surface area contributed by atoms with Gasteiger partial charge in [0.05, 0.1) is 12.1 Å². The predicted molar refractivity (Wildman–Crippen MR) is 148 cm³/mol. The average molecular weight is 559 g/mol. The van der Waals surface area contributed by atoms with Gasteiger partial charge in [0.2, 0.25) is 17.7 Å². The second kappa shape index (κ2) is 14.9. The minimum Gasteiger partial charge on any atom is -0.390 e. The Bertz CT molecular complexity index is 1160. The van der Waals surface area contributed by atoms with Gasteiger partial charge in [0.25, 0.3) is 0 Å². The largest absolute Gasteiger partial charge is 0.390 e. The number of hydrogen-bond acceptors (Lipinski definition) is 5. The lowest BCUT2D eigenvalue weighted by molar-refractivity contribution is -0.156. The Balaban J connectivity index is 1.66. The maximum absolute atomic E-state index is 13.8. The zero-order chi connectivity index (χ0) is 29.2. The van der Waals surface area contributed by atoms with Gasteiger partial charge in [0.15, 0.2) is 0 Å². The number of piperazine rings is 1. The number of amides is 3. The van der Waals surface area contributed by atoms with E-state index in [0.29, 0.717) is 13.1 Å². The second-order valence-electron chi connectivity index (χ2n) is 10.3. The molecule has 0 bridgehead atoms. The first-order valence-corrected chi connectivity index (χ1v) is 13.9. The number of carbonyl (C=O) groups excluding carboxylic acids is 3. The predicted octanol–water partition coefficient (Wildman–Crippen LogP) is 2.56. The molecule has 3 rings (SSSR count). The summed E-state index contributed by atoms with van der Waals surface area (Å²) in [5.74, 6) is -2.65. The normalized spacial score (nSPS) is 17.2. The van der Waals surface area contributed by atoms with Crippen molar-refractivity contribution in [3.05, 3.63) is 70.8 Å². The van der Waals surface area contributed by atoms with Crippen LogP contribution in [0.15, 0.2) is 42.5 Å². The van der Waals surface area contributed by atoms with Crippen molar-refractivity contribution in [1.29, 1.82) is 0 Å². The minimum atomic E-state index is -1.10. The first-order chi connectivity index (χ1) is 19.1. The van der Waals surface area contributed by atoms with Crippen LogP contribution in [0.3, 0.4) is 0 Å². The lowest BCUT2D eigenvalue weighted by atomic mass is 10.0. The summed E-state index contributed by atoms with van der Waals surface area (Å²) in [5.41, 5.74) is 2.49. The first-order valence-electron chi connectivity index (χ1n) is 13.9. The number of carbonyl (C=O) groups is 3. The molecule has 0 unspecified atom stereocenters. The van der Waals surface area contributed by atoms with E-state index in [9.17, 15) is 28.3 Å². The zero-order valence-corrected chi connectivity index (χ0v) is 23.5. The van der Waals surface area contributed by atoms with Crippen LogP contribution < -0.4 is 10.6 Å². The van der Waals surface area contributed by atoms with Gasteiger partial charge in [0, 0.05) is 25.7 Å². The first kappa shape index (κ1) is 31.2. The highest BCUT2D eigenvalue weighted by atomic mass is 19.1. The van der Waals surface area contributed by atoms with Gasteiger partial charge in [-0.2, -0.15) is 0 Å². The van der Waals surface area contributed by atoms with Crippen LogP contribution in [0.2, 0.25) is 0 Å². The molecule has 0 saturated carbocycles. The standard InChI is InChI=1S/C30H40F2N4O4/c1-4-6-10-36-20(3)30(40)35(19-29(36)39)18-28(38)34-26(14-23-12-24(31)15-25(32)13-23)27(37)17-33-16-22-9-7-8-21(5-2)11-22/h7-9,11-13,15,20,26-27,33,37H,4-6,10,14,16-19H2,1-3H3,(H,34,38)/t20-,26-,27-/m0/s1. The molecule has 0 aromatic heterocycles. The van der Waals surface area contributed by atoms with Crippen molar-refractivity contribution < 1.29 is 28.3 Å². The molecule has 3 N–H and O–H groups in total. The van der Waals surface area contributed by atoms with Gasteiger partial charge < -0.3 is 25.5 Å². The maximum atomic E-state index is 13.8. The third-order valence-corrected chi connectivity index (χ3v) is 7.14. The van der Waals surface area contributed by atoms with Crippen LogP contribution in [-0.2, 0) is 33.8 Å². The van der Waals surface area contributed by atoms with Crippen LogP contribution in [-0.4, -0.2) is 77.0 Å². The van der Waals surface area contributed by atoms with Crippen LogP contribution in [0.4, 0.5) is 8.78 Å². The number of benzene rings is 2. The molecule has 2 aromatic rings. The zero-order valence-electron chi connectivity index (χ0n) is 23.5. The van der Waals surface area contributed by atoms with Crippen molar-refractivity contribution >= 4 is 17.7 Å². The lowest BCUT2D eigenvalue weighted by Gasteiger charge is -2.38. The number of nitrogens with one attached hydrogen (secondary N) is 2. The second-order valence-corrected chi connectivity index (χ2v) is 10.3. The Morgan fingerprint density at radius 3 is 2.45 bits per heavy atom. The van der Waals surface area contributed by atoms with Gasteiger partial charge in [-0.3, -0.25) is 14.4 Å². The van der Waals surface area contributed by atoms with Crippen LogP contribution in [0.25, 0.3) is 0 Å². The fourth-order valence-electron chi connectivity index (χ4n) is 4.88.